The maximum absolute atomic E-state index is 10.7. The number of ether oxygens (including phenoxy) is 1. The summed E-state index contributed by atoms with van der Waals surface area (Å²) in [6, 6.07) is 9.96. The Labute approximate surface area is 135 Å². The molecule has 2 aromatic carbocycles. The second kappa shape index (κ2) is 6.89. The molecule has 0 spiro atoms. The number of nitrogens with one attached hydrogen (secondary N) is 1. The minimum Gasteiger partial charge on any atom is -0.456 e. The van der Waals surface area contributed by atoms with Crippen molar-refractivity contribution in [3.8, 4) is 11.5 Å². The molecule has 2 aromatic rings. The highest BCUT2D eigenvalue weighted by Crippen LogP contribution is 2.34. The van der Waals surface area contributed by atoms with E-state index < -0.39 is 4.92 Å². The number of nitro groups is 1. The van der Waals surface area contributed by atoms with Gasteiger partial charge in [0.25, 0.3) is 5.69 Å². The first-order valence-electron chi connectivity index (χ1n) is 6.06. The first-order valence-corrected chi connectivity index (χ1v) is 7.23. The van der Waals surface area contributed by atoms with E-state index in [1.54, 1.807) is 0 Å². The third kappa shape index (κ3) is 3.93. The first-order chi connectivity index (χ1) is 10.0. The molecule has 110 valence electrons. The van der Waals surface area contributed by atoms with Gasteiger partial charge in [0, 0.05) is 18.7 Å². The summed E-state index contributed by atoms with van der Waals surface area (Å²) >= 11 is 9.29. The van der Waals surface area contributed by atoms with Crippen LogP contribution in [0.1, 0.15) is 5.56 Å². The summed E-state index contributed by atoms with van der Waals surface area (Å²) in [6.45, 7) is 0.752. The van der Waals surface area contributed by atoms with E-state index >= 15 is 0 Å². The second-order valence-corrected chi connectivity index (χ2v) is 5.53. The van der Waals surface area contributed by atoms with Gasteiger partial charge in [-0.05, 0) is 46.7 Å². The molecule has 0 amide bonds. The van der Waals surface area contributed by atoms with Gasteiger partial charge in [0.1, 0.15) is 16.5 Å². The molecular formula is C14H12BrClN2O3. The molecule has 21 heavy (non-hydrogen) atoms. The SMILES string of the molecule is CNCc1ccc(Oc2ccc([N+](=O)[O-])c(Cl)c2)c(Br)c1. The van der Waals surface area contributed by atoms with Crippen LogP contribution in [0.4, 0.5) is 5.69 Å². The lowest BCUT2D eigenvalue weighted by Crippen LogP contribution is -2.04. The molecule has 0 aliphatic carbocycles. The first kappa shape index (κ1) is 15.8. The quantitative estimate of drug-likeness (QED) is 0.620. The fraction of sp³-hybridized carbons (Fsp3) is 0.143. The predicted octanol–water partition coefficient (Wildman–Crippen LogP) is 4.52. The van der Waals surface area contributed by atoms with Crippen LogP contribution < -0.4 is 10.1 Å². The highest BCUT2D eigenvalue weighted by molar-refractivity contribution is 9.10. The normalized spacial score (nSPS) is 10.4. The van der Waals surface area contributed by atoms with Crippen molar-refractivity contribution >= 4 is 33.2 Å². The average Bonchev–Trinajstić information content (AvgIpc) is 2.42. The molecule has 0 heterocycles. The van der Waals surface area contributed by atoms with Crippen molar-refractivity contribution in [1.82, 2.24) is 5.32 Å². The topological polar surface area (TPSA) is 64.4 Å². The second-order valence-electron chi connectivity index (χ2n) is 4.27. The van der Waals surface area contributed by atoms with Crippen molar-refractivity contribution in [3.63, 3.8) is 0 Å². The molecule has 0 aromatic heterocycles. The maximum Gasteiger partial charge on any atom is 0.288 e. The van der Waals surface area contributed by atoms with E-state index in [2.05, 4.69) is 21.2 Å². The summed E-state index contributed by atoms with van der Waals surface area (Å²) in [5.41, 5.74) is 0.964. The summed E-state index contributed by atoms with van der Waals surface area (Å²) < 4.78 is 6.48. The number of hydrogen-bond donors (Lipinski definition) is 1. The van der Waals surface area contributed by atoms with Gasteiger partial charge in [0.05, 0.1) is 9.40 Å². The van der Waals surface area contributed by atoms with Gasteiger partial charge >= 0.3 is 0 Å². The van der Waals surface area contributed by atoms with Crippen molar-refractivity contribution in [2.45, 2.75) is 6.54 Å². The maximum atomic E-state index is 10.7. The standard InChI is InChI=1S/C14H12BrClN2O3/c1-17-8-9-2-5-14(11(15)6-9)21-10-3-4-13(18(19)20)12(16)7-10/h2-7,17H,8H2,1H3. The number of hydrogen-bond acceptors (Lipinski definition) is 4. The van der Waals surface area contributed by atoms with Crippen molar-refractivity contribution in [2.24, 2.45) is 0 Å². The third-order valence-electron chi connectivity index (χ3n) is 2.72. The molecule has 0 aliphatic heterocycles. The smallest absolute Gasteiger partial charge is 0.288 e. The number of nitrogens with zero attached hydrogens (tertiary/aromatic N) is 1. The van der Waals surface area contributed by atoms with E-state index in [0.717, 1.165) is 16.6 Å². The number of nitro benzene ring substituents is 1. The third-order valence-corrected chi connectivity index (χ3v) is 3.64. The predicted molar refractivity (Wildman–Crippen MR) is 85.1 cm³/mol. The monoisotopic (exact) mass is 370 g/mol. The Hall–Kier alpha value is -1.63. The fourth-order valence-electron chi connectivity index (χ4n) is 1.77. The molecule has 7 heteroatoms. The molecule has 1 N–H and O–H groups in total. The molecular weight excluding hydrogens is 360 g/mol. The van der Waals surface area contributed by atoms with Gasteiger partial charge in [-0.1, -0.05) is 17.7 Å². The average molecular weight is 372 g/mol. The van der Waals surface area contributed by atoms with E-state index in [9.17, 15) is 10.1 Å². The Bertz CT molecular complexity index is 679. The van der Waals surface area contributed by atoms with Gasteiger partial charge in [-0.2, -0.15) is 0 Å². The summed E-state index contributed by atoms with van der Waals surface area (Å²) in [6.07, 6.45) is 0. The van der Waals surface area contributed by atoms with E-state index in [1.807, 2.05) is 25.2 Å². The Morgan fingerprint density at radius 2 is 2.10 bits per heavy atom. The number of halogens is 2. The number of rotatable bonds is 5. The van der Waals surface area contributed by atoms with Crippen LogP contribution in [0.5, 0.6) is 11.5 Å². The molecule has 2 rings (SSSR count). The zero-order valence-electron chi connectivity index (χ0n) is 11.1. The molecule has 0 fully saturated rings. The fourth-order valence-corrected chi connectivity index (χ4v) is 2.51. The highest BCUT2D eigenvalue weighted by atomic mass is 79.9. The van der Waals surface area contributed by atoms with Crippen molar-refractivity contribution in [2.75, 3.05) is 7.05 Å². The largest absolute Gasteiger partial charge is 0.456 e. The van der Waals surface area contributed by atoms with Crippen LogP contribution >= 0.6 is 27.5 Å². The van der Waals surface area contributed by atoms with Crippen molar-refractivity contribution in [1.29, 1.82) is 0 Å². The zero-order valence-corrected chi connectivity index (χ0v) is 13.4. The van der Waals surface area contributed by atoms with E-state index in [1.165, 1.54) is 18.2 Å². The van der Waals surface area contributed by atoms with Gasteiger partial charge in [-0.15, -0.1) is 0 Å². The summed E-state index contributed by atoms with van der Waals surface area (Å²) in [4.78, 5) is 10.2. The van der Waals surface area contributed by atoms with Gasteiger partial charge in [-0.3, -0.25) is 10.1 Å². The Morgan fingerprint density at radius 1 is 1.33 bits per heavy atom. The molecule has 0 saturated heterocycles. The van der Waals surface area contributed by atoms with E-state index in [-0.39, 0.29) is 10.7 Å². The lowest BCUT2D eigenvalue weighted by Gasteiger charge is -2.09. The van der Waals surface area contributed by atoms with Crippen LogP contribution in [0.2, 0.25) is 5.02 Å². The Kier molecular flexibility index (Phi) is 5.17. The van der Waals surface area contributed by atoms with Crippen LogP contribution in [0.15, 0.2) is 40.9 Å². The zero-order chi connectivity index (χ0) is 15.4. The summed E-state index contributed by atoms with van der Waals surface area (Å²) in [5, 5.41) is 13.8. The summed E-state index contributed by atoms with van der Waals surface area (Å²) in [7, 11) is 1.87. The molecule has 0 aliphatic rings. The van der Waals surface area contributed by atoms with Crippen molar-refractivity contribution < 1.29 is 9.66 Å². The highest BCUT2D eigenvalue weighted by Gasteiger charge is 2.13. The molecule has 0 radical (unpaired) electrons. The van der Waals surface area contributed by atoms with E-state index in [4.69, 9.17) is 16.3 Å². The van der Waals surface area contributed by atoms with Crippen LogP contribution in [0, 0.1) is 10.1 Å². The lowest BCUT2D eigenvalue weighted by molar-refractivity contribution is -0.384. The van der Waals surface area contributed by atoms with Crippen LogP contribution in [0.25, 0.3) is 0 Å². The Balaban J connectivity index is 2.22. The van der Waals surface area contributed by atoms with Crippen LogP contribution in [-0.4, -0.2) is 12.0 Å². The van der Waals surface area contributed by atoms with Crippen LogP contribution in [0.3, 0.4) is 0 Å². The van der Waals surface area contributed by atoms with Gasteiger partial charge in [0.15, 0.2) is 0 Å². The minimum absolute atomic E-state index is 0.0421. The van der Waals surface area contributed by atoms with E-state index in [0.29, 0.717) is 11.5 Å². The van der Waals surface area contributed by atoms with Gasteiger partial charge in [-0.25, -0.2) is 0 Å². The van der Waals surface area contributed by atoms with Gasteiger partial charge in [0.2, 0.25) is 0 Å². The molecule has 0 unspecified atom stereocenters. The Morgan fingerprint density at radius 3 is 2.67 bits per heavy atom. The van der Waals surface area contributed by atoms with Crippen LogP contribution in [-0.2, 0) is 6.54 Å². The summed E-state index contributed by atoms with van der Waals surface area (Å²) in [5.74, 6) is 1.05. The number of benzene rings is 2. The lowest BCUT2D eigenvalue weighted by atomic mass is 10.2. The molecule has 0 bridgehead atoms. The molecule has 0 atom stereocenters. The molecule has 5 nitrogen and oxygen atoms in total. The minimum atomic E-state index is -0.533. The van der Waals surface area contributed by atoms with Gasteiger partial charge < -0.3 is 10.1 Å². The van der Waals surface area contributed by atoms with Crippen molar-refractivity contribution in [3.05, 3.63) is 61.6 Å². The molecule has 0 saturated carbocycles.